The van der Waals surface area contributed by atoms with Crippen molar-refractivity contribution in [2.75, 3.05) is 6.61 Å². The molecule has 0 fully saturated rings. The van der Waals surface area contributed by atoms with Crippen LogP contribution < -0.4 is 4.52 Å². The zero-order valence-corrected chi connectivity index (χ0v) is 9.85. The van der Waals surface area contributed by atoms with E-state index in [4.69, 9.17) is 31.9 Å². The summed E-state index contributed by atoms with van der Waals surface area (Å²) in [5.41, 5.74) is 0. The lowest BCUT2D eigenvalue weighted by Crippen LogP contribution is -1.91. The van der Waals surface area contributed by atoms with Crippen molar-refractivity contribution < 1.29 is 13.6 Å². The normalized spacial score (nSPS) is 14.8. The van der Waals surface area contributed by atoms with Crippen molar-refractivity contribution >= 4 is 29.8 Å². The fourth-order valence-electron chi connectivity index (χ4n) is 0.802. The minimum Gasteiger partial charge on any atom is -0.413 e. The van der Waals surface area contributed by atoms with Crippen molar-refractivity contribution in [3.05, 3.63) is 29.3 Å². The Morgan fingerprint density at radius 2 is 1.93 bits per heavy atom. The molecule has 78 valence electrons. The van der Waals surface area contributed by atoms with E-state index >= 15 is 0 Å². The Bertz CT molecular complexity index is 339. The predicted molar refractivity (Wildman–Crippen MR) is 57.2 cm³/mol. The Hall–Kier alpha value is -0.210. The molecule has 0 aromatic heterocycles. The molecular weight excluding hydrogens is 246 g/mol. The Kier molecular flexibility index (Phi) is 4.27. The van der Waals surface area contributed by atoms with Crippen LogP contribution in [0.5, 0.6) is 5.75 Å². The third kappa shape index (κ3) is 3.89. The molecule has 1 aromatic rings. The molecule has 0 N–H and O–H groups in total. The summed E-state index contributed by atoms with van der Waals surface area (Å²) >= 11 is 11.1. The number of rotatable bonds is 4. The minimum absolute atomic E-state index is 0.231. The number of halogens is 2. The molecule has 0 bridgehead atoms. The van der Waals surface area contributed by atoms with Crippen LogP contribution in [-0.2, 0) is 9.09 Å². The van der Waals surface area contributed by atoms with Crippen LogP contribution in [-0.4, -0.2) is 6.61 Å². The maximum absolute atomic E-state index is 11.4. The molecule has 0 heterocycles. The molecule has 1 rings (SSSR count). The van der Waals surface area contributed by atoms with Gasteiger partial charge < -0.3 is 4.52 Å². The topological polar surface area (TPSA) is 35.5 Å². The molecule has 0 aliphatic rings. The maximum Gasteiger partial charge on any atom is 0.476 e. The molecular formula is C8H9Cl2O3P. The molecule has 14 heavy (non-hydrogen) atoms. The lowest BCUT2D eigenvalue weighted by Gasteiger charge is -2.11. The van der Waals surface area contributed by atoms with Gasteiger partial charge in [-0.25, -0.2) is 4.57 Å². The fourth-order valence-corrected chi connectivity index (χ4v) is 2.19. The summed E-state index contributed by atoms with van der Waals surface area (Å²) < 4.78 is 21.0. The smallest absolute Gasteiger partial charge is 0.413 e. The van der Waals surface area contributed by atoms with Crippen LogP contribution in [0.3, 0.4) is 0 Å². The van der Waals surface area contributed by atoms with Crippen molar-refractivity contribution in [3.63, 3.8) is 0 Å². The van der Waals surface area contributed by atoms with E-state index in [0.29, 0.717) is 10.8 Å². The Morgan fingerprint density at radius 1 is 1.36 bits per heavy atom. The zero-order chi connectivity index (χ0) is 10.6. The molecule has 6 heteroatoms. The number of hydrogen-bond acceptors (Lipinski definition) is 3. The summed E-state index contributed by atoms with van der Waals surface area (Å²) in [6.45, 7) is -1.59. The van der Waals surface area contributed by atoms with Gasteiger partial charge in [-0.2, -0.15) is 0 Å². The highest BCUT2D eigenvalue weighted by molar-refractivity contribution is 7.81. The molecule has 0 saturated carbocycles. The van der Waals surface area contributed by atoms with Gasteiger partial charge in [-0.15, -0.1) is 0 Å². The van der Waals surface area contributed by atoms with Gasteiger partial charge in [0.1, 0.15) is 5.75 Å². The Balaban J connectivity index is 2.69. The second-order valence-corrected chi connectivity index (χ2v) is 5.37. The van der Waals surface area contributed by atoms with E-state index in [0.717, 1.165) is 0 Å². The molecule has 0 saturated heterocycles. The first-order chi connectivity index (χ1) is 6.53. The van der Waals surface area contributed by atoms with Crippen LogP contribution in [0.15, 0.2) is 24.3 Å². The van der Waals surface area contributed by atoms with Gasteiger partial charge in [-0.3, -0.25) is 4.52 Å². The van der Waals surface area contributed by atoms with Gasteiger partial charge in [0, 0.05) is 16.3 Å². The first-order valence-electron chi connectivity index (χ1n) is 3.93. The molecule has 3 nitrogen and oxygen atoms in total. The monoisotopic (exact) mass is 254 g/mol. The van der Waals surface area contributed by atoms with E-state index in [-0.39, 0.29) is 6.61 Å². The summed E-state index contributed by atoms with van der Waals surface area (Å²) in [6.07, 6.45) is 0. The van der Waals surface area contributed by atoms with Crippen molar-refractivity contribution in [2.45, 2.75) is 6.92 Å². The SMILES string of the molecule is CCOP(=O)(Cl)Oc1ccc(Cl)cc1. The van der Waals surface area contributed by atoms with E-state index in [1.807, 2.05) is 0 Å². The van der Waals surface area contributed by atoms with Gasteiger partial charge in [0.2, 0.25) is 0 Å². The first kappa shape index (κ1) is 11.9. The van der Waals surface area contributed by atoms with Gasteiger partial charge in [-0.05, 0) is 31.2 Å². The average molecular weight is 255 g/mol. The van der Waals surface area contributed by atoms with E-state index < -0.39 is 6.95 Å². The van der Waals surface area contributed by atoms with E-state index in [9.17, 15) is 4.57 Å². The lowest BCUT2D eigenvalue weighted by molar-refractivity contribution is 0.295. The summed E-state index contributed by atoms with van der Waals surface area (Å²) in [5.74, 6) is 0.362. The fraction of sp³-hybridized carbons (Fsp3) is 0.250. The van der Waals surface area contributed by atoms with Gasteiger partial charge in [0.15, 0.2) is 0 Å². The van der Waals surface area contributed by atoms with E-state index in [2.05, 4.69) is 0 Å². The minimum atomic E-state index is -3.50. The molecule has 0 amide bonds. The summed E-state index contributed by atoms with van der Waals surface area (Å²) in [7, 11) is 0. The van der Waals surface area contributed by atoms with Gasteiger partial charge in [0.25, 0.3) is 0 Å². The highest BCUT2D eigenvalue weighted by Gasteiger charge is 2.21. The van der Waals surface area contributed by atoms with Crippen LogP contribution in [0.2, 0.25) is 5.02 Å². The largest absolute Gasteiger partial charge is 0.476 e. The van der Waals surface area contributed by atoms with Crippen molar-refractivity contribution in [1.29, 1.82) is 0 Å². The lowest BCUT2D eigenvalue weighted by atomic mass is 10.3. The highest BCUT2D eigenvalue weighted by Crippen LogP contribution is 2.53. The van der Waals surface area contributed by atoms with Crippen LogP contribution in [0.4, 0.5) is 0 Å². The molecule has 0 aliphatic heterocycles. The second kappa shape index (κ2) is 5.04. The Morgan fingerprint density at radius 3 is 2.43 bits per heavy atom. The standard InChI is InChI=1S/C8H9Cl2O3P/c1-2-12-14(10,11)13-8-5-3-7(9)4-6-8/h3-6H,2H2,1H3. The molecule has 0 radical (unpaired) electrons. The molecule has 0 aliphatic carbocycles. The number of hydrogen-bond donors (Lipinski definition) is 0. The average Bonchev–Trinajstić information content (AvgIpc) is 2.08. The zero-order valence-electron chi connectivity index (χ0n) is 7.44. The van der Waals surface area contributed by atoms with Gasteiger partial charge >= 0.3 is 6.95 Å². The highest BCUT2D eigenvalue weighted by atomic mass is 35.7. The summed E-state index contributed by atoms with van der Waals surface area (Å²) in [5, 5.41) is 0.568. The predicted octanol–water partition coefficient (Wildman–Crippen LogP) is 4.10. The van der Waals surface area contributed by atoms with Crippen molar-refractivity contribution in [3.8, 4) is 5.75 Å². The van der Waals surface area contributed by atoms with Crippen LogP contribution in [0.25, 0.3) is 0 Å². The van der Waals surface area contributed by atoms with Crippen LogP contribution in [0, 0.1) is 0 Å². The number of benzene rings is 1. The van der Waals surface area contributed by atoms with Crippen molar-refractivity contribution in [2.24, 2.45) is 0 Å². The maximum atomic E-state index is 11.4. The van der Waals surface area contributed by atoms with E-state index in [1.54, 1.807) is 31.2 Å². The van der Waals surface area contributed by atoms with Crippen LogP contribution >= 0.6 is 29.8 Å². The summed E-state index contributed by atoms with van der Waals surface area (Å²) in [6, 6.07) is 6.35. The Labute approximate surface area is 92.3 Å². The third-order valence-corrected chi connectivity index (χ3v) is 3.06. The molecule has 1 unspecified atom stereocenters. The second-order valence-electron chi connectivity index (χ2n) is 2.39. The quantitative estimate of drug-likeness (QED) is 0.759. The van der Waals surface area contributed by atoms with Gasteiger partial charge in [0.05, 0.1) is 6.61 Å². The summed E-state index contributed by atoms with van der Waals surface area (Å²) in [4.78, 5) is 0. The molecule has 1 atom stereocenters. The van der Waals surface area contributed by atoms with Gasteiger partial charge in [-0.1, -0.05) is 11.6 Å². The molecule has 1 aromatic carbocycles. The van der Waals surface area contributed by atoms with Crippen molar-refractivity contribution in [1.82, 2.24) is 0 Å². The third-order valence-electron chi connectivity index (χ3n) is 1.31. The van der Waals surface area contributed by atoms with Crippen LogP contribution in [0.1, 0.15) is 6.92 Å². The van der Waals surface area contributed by atoms with E-state index in [1.165, 1.54) is 0 Å². The molecule has 0 spiro atoms. The first-order valence-corrected chi connectivity index (χ1v) is 6.75.